The van der Waals surface area contributed by atoms with E-state index < -0.39 is 6.09 Å². The van der Waals surface area contributed by atoms with Crippen molar-refractivity contribution in [2.24, 2.45) is 0 Å². The van der Waals surface area contributed by atoms with Gasteiger partial charge in [0.1, 0.15) is 5.75 Å². The maximum atomic E-state index is 11.4. The summed E-state index contributed by atoms with van der Waals surface area (Å²) < 4.78 is 0. The summed E-state index contributed by atoms with van der Waals surface area (Å²) in [6.45, 7) is 0.257. The number of aromatic amines is 1. The van der Waals surface area contributed by atoms with Crippen LogP contribution in [0.3, 0.4) is 0 Å². The number of nitrogens with one attached hydrogen (secondary N) is 1. The number of H-pyrrole nitrogens is 1. The van der Waals surface area contributed by atoms with Crippen LogP contribution in [0.5, 0.6) is 5.75 Å². The molecule has 0 radical (unpaired) electrons. The molecule has 0 atom stereocenters. The summed E-state index contributed by atoms with van der Waals surface area (Å²) in [5, 5.41) is 19.7. The zero-order valence-electron chi connectivity index (χ0n) is 10.9. The number of phenolic OH excluding ortho intramolecular Hbond substituents is 1. The molecule has 0 saturated heterocycles. The first-order chi connectivity index (χ1) is 10.1. The minimum Gasteiger partial charge on any atom is -0.506 e. The van der Waals surface area contributed by atoms with Gasteiger partial charge in [0.2, 0.25) is 5.56 Å². The average molecular weight is 284 g/mol. The van der Waals surface area contributed by atoms with E-state index in [2.05, 4.69) is 4.98 Å². The highest BCUT2D eigenvalue weighted by Gasteiger charge is 2.21. The number of rotatable bonds is 1. The molecular weight excluding hydrogens is 272 g/mol. The molecule has 1 amide bonds. The van der Waals surface area contributed by atoms with Crippen LogP contribution < -0.4 is 5.56 Å². The van der Waals surface area contributed by atoms with E-state index in [1.165, 1.54) is 17.0 Å². The van der Waals surface area contributed by atoms with Crippen molar-refractivity contribution in [3.63, 3.8) is 0 Å². The van der Waals surface area contributed by atoms with Crippen molar-refractivity contribution < 1.29 is 15.0 Å². The Labute approximate surface area is 119 Å². The summed E-state index contributed by atoms with van der Waals surface area (Å²) in [5.74, 6) is -0.0553. The fourth-order valence-electron chi connectivity index (χ4n) is 2.39. The molecule has 0 bridgehead atoms. The molecule has 2 aromatic rings. The molecule has 3 rings (SSSR count). The Bertz CT molecular complexity index is 848. The van der Waals surface area contributed by atoms with Crippen molar-refractivity contribution in [3.8, 4) is 5.75 Å². The van der Waals surface area contributed by atoms with Crippen LogP contribution >= 0.6 is 0 Å². The predicted molar refractivity (Wildman–Crippen MR) is 78.1 cm³/mol. The molecule has 6 nitrogen and oxygen atoms in total. The van der Waals surface area contributed by atoms with Crippen LogP contribution in [0.4, 0.5) is 4.79 Å². The SMILES string of the molecule is O=C(O)N1CC=CC=C1c1ccc(O)c2[nH]c(=O)ccc12. The molecular formula is C15H12N2O4. The van der Waals surface area contributed by atoms with Crippen LogP contribution in [0.1, 0.15) is 5.56 Å². The number of hydrogen-bond acceptors (Lipinski definition) is 3. The zero-order valence-corrected chi connectivity index (χ0v) is 10.9. The number of aromatic nitrogens is 1. The van der Waals surface area contributed by atoms with Gasteiger partial charge in [-0.25, -0.2) is 4.79 Å². The number of pyridine rings is 1. The number of allylic oxidation sites excluding steroid dienone is 2. The number of carbonyl (C=O) groups is 1. The van der Waals surface area contributed by atoms with Gasteiger partial charge >= 0.3 is 6.09 Å². The summed E-state index contributed by atoms with van der Waals surface area (Å²) >= 11 is 0. The van der Waals surface area contributed by atoms with Gasteiger partial charge in [-0.1, -0.05) is 12.2 Å². The second-order valence-corrected chi connectivity index (χ2v) is 4.62. The summed E-state index contributed by atoms with van der Waals surface area (Å²) in [4.78, 5) is 26.5. The van der Waals surface area contributed by atoms with E-state index in [4.69, 9.17) is 0 Å². The van der Waals surface area contributed by atoms with Crippen LogP contribution in [0.2, 0.25) is 0 Å². The summed E-state index contributed by atoms with van der Waals surface area (Å²) in [6.07, 6.45) is 4.15. The first-order valence-corrected chi connectivity index (χ1v) is 6.30. The Morgan fingerprint density at radius 1 is 1.24 bits per heavy atom. The van der Waals surface area contributed by atoms with Gasteiger partial charge in [0.25, 0.3) is 0 Å². The van der Waals surface area contributed by atoms with Gasteiger partial charge in [0.05, 0.1) is 11.2 Å². The Morgan fingerprint density at radius 3 is 2.81 bits per heavy atom. The van der Waals surface area contributed by atoms with Crippen molar-refractivity contribution in [2.75, 3.05) is 6.54 Å². The van der Waals surface area contributed by atoms with Gasteiger partial charge in [0, 0.05) is 23.6 Å². The fraction of sp³-hybridized carbons (Fsp3) is 0.0667. The summed E-state index contributed by atoms with van der Waals surface area (Å²) in [7, 11) is 0. The summed E-state index contributed by atoms with van der Waals surface area (Å²) in [6, 6.07) is 5.99. The molecule has 0 fully saturated rings. The minimum atomic E-state index is -1.06. The second kappa shape index (κ2) is 4.82. The van der Waals surface area contributed by atoms with E-state index >= 15 is 0 Å². The van der Waals surface area contributed by atoms with Crippen LogP contribution in [-0.2, 0) is 0 Å². The van der Waals surface area contributed by atoms with E-state index in [1.807, 2.05) is 0 Å². The topological polar surface area (TPSA) is 93.6 Å². The standard InChI is InChI=1S/C15H12N2O4/c18-12-6-4-9(10-5-7-13(19)16-14(10)12)11-3-1-2-8-17(11)15(20)21/h1-7,18H,8H2,(H,16,19)(H,20,21). The number of nitrogens with zero attached hydrogens (tertiary/aromatic N) is 1. The lowest BCUT2D eigenvalue weighted by molar-refractivity contribution is 0.169. The van der Waals surface area contributed by atoms with Crippen LogP contribution in [-0.4, -0.2) is 32.7 Å². The van der Waals surface area contributed by atoms with E-state index in [1.54, 1.807) is 30.4 Å². The number of benzene rings is 1. The Kier molecular flexibility index (Phi) is 2.98. The lowest BCUT2D eigenvalue weighted by atomic mass is 10.0. The number of amides is 1. The van der Waals surface area contributed by atoms with Crippen LogP contribution in [0, 0.1) is 0 Å². The molecule has 106 valence electrons. The highest BCUT2D eigenvalue weighted by molar-refractivity contribution is 5.97. The van der Waals surface area contributed by atoms with Gasteiger partial charge < -0.3 is 15.2 Å². The number of phenols is 1. The molecule has 0 unspecified atom stereocenters. The Hall–Kier alpha value is -3.02. The van der Waals surface area contributed by atoms with E-state index in [9.17, 15) is 19.8 Å². The second-order valence-electron chi connectivity index (χ2n) is 4.62. The van der Waals surface area contributed by atoms with Crippen molar-refractivity contribution in [2.45, 2.75) is 0 Å². The van der Waals surface area contributed by atoms with Crippen LogP contribution in [0.15, 0.2) is 47.3 Å². The maximum Gasteiger partial charge on any atom is 0.412 e. The zero-order chi connectivity index (χ0) is 15.0. The number of carboxylic acid groups (broad SMARTS) is 1. The van der Waals surface area contributed by atoms with Gasteiger partial charge in [-0.15, -0.1) is 0 Å². The van der Waals surface area contributed by atoms with Crippen molar-refractivity contribution in [1.82, 2.24) is 9.88 Å². The quantitative estimate of drug-likeness (QED) is 0.747. The molecule has 1 aliphatic heterocycles. The minimum absolute atomic E-state index is 0.0553. The number of aromatic hydroxyl groups is 1. The Morgan fingerprint density at radius 2 is 2.05 bits per heavy atom. The van der Waals surface area contributed by atoms with Crippen molar-refractivity contribution in [1.29, 1.82) is 0 Å². The molecule has 1 aromatic heterocycles. The average Bonchev–Trinajstić information content (AvgIpc) is 2.48. The van der Waals surface area contributed by atoms with E-state index in [0.29, 0.717) is 22.2 Å². The van der Waals surface area contributed by atoms with Crippen molar-refractivity contribution in [3.05, 3.63) is 58.4 Å². The molecule has 1 aliphatic rings. The fourth-order valence-corrected chi connectivity index (χ4v) is 2.39. The van der Waals surface area contributed by atoms with Crippen molar-refractivity contribution >= 4 is 22.7 Å². The van der Waals surface area contributed by atoms with Gasteiger partial charge in [0.15, 0.2) is 0 Å². The number of hydrogen-bond donors (Lipinski definition) is 3. The normalized spacial score (nSPS) is 14.3. The lowest BCUT2D eigenvalue weighted by Crippen LogP contribution is -2.29. The van der Waals surface area contributed by atoms with Gasteiger partial charge in [-0.2, -0.15) is 0 Å². The summed E-state index contributed by atoms with van der Waals surface area (Å²) in [5.41, 5.74) is 1.09. The van der Waals surface area contributed by atoms with Gasteiger partial charge in [-0.3, -0.25) is 9.69 Å². The first kappa shape index (κ1) is 13.0. The van der Waals surface area contributed by atoms with Crippen LogP contribution in [0.25, 0.3) is 16.6 Å². The highest BCUT2D eigenvalue weighted by Crippen LogP contribution is 2.32. The maximum absolute atomic E-state index is 11.4. The third-order valence-electron chi connectivity index (χ3n) is 3.35. The lowest BCUT2D eigenvalue weighted by Gasteiger charge is -2.24. The third-order valence-corrected chi connectivity index (χ3v) is 3.35. The predicted octanol–water partition coefficient (Wildman–Crippen LogP) is 2.12. The molecule has 21 heavy (non-hydrogen) atoms. The molecule has 2 heterocycles. The molecule has 1 aromatic carbocycles. The Balaban J connectivity index is 2.28. The van der Waals surface area contributed by atoms with E-state index in [-0.39, 0.29) is 17.9 Å². The molecule has 0 spiro atoms. The molecule has 3 N–H and O–H groups in total. The van der Waals surface area contributed by atoms with Gasteiger partial charge in [-0.05, 0) is 24.3 Å². The molecule has 0 aliphatic carbocycles. The largest absolute Gasteiger partial charge is 0.506 e. The molecule has 0 saturated carbocycles. The highest BCUT2D eigenvalue weighted by atomic mass is 16.4. The third kappa shape index (κ3) is 2.16. The first-order valence-electron chi connectivity index (χ1n) is 6.30. The monoisotopic (exact) mass is 284 g/mol. The van der Waals surface area contributed by atoms with E-state index in [0.717, 1.165) is 0 Å². The molecule has 6 heteroatoms. The number of fused-ring (bicyclic) bond motifs is 1. The smallest absolute Gasteiger partial charge is 0.412 e.